The SMILES string of the molecule is C=N/C=C(\CC)N1CCCC(NC(=O)OC)(c2ccn(C(F)F)n2)C1. The Morgan fingerprint density at radius 3 is 2.96 bits per heavy atom. The van der Waals surface area contributed by atoms with E-state index in [0.29, 0.717) is 23.3 Å². The number of carbonyl (C=O) groups is 1. The van der Waals surface area contributed by atoms with E-state index in [1.807, 2.05) is 6.92 Å². The van der Waals surface area contributed by atoms with Gasteiger partial charge < -0.3 is 15.0 Å². The van der Waals surface area contributed by atoms with Gasteiger partial charge in [0, 0.05) is 31.2 Å². The van der Waals surface area contributed by atoms with Crippen LogP contribution in [-0.4, -0.2) is 47.7 Å². The second-order valence-corrected chi connectivity index (χ2v) is 5.84. The van der Waals surface area contributed by atoms with Crippen LogP contribution in [0.2, 0.25) is 0 Å². The molecule has 0 radical (unpaired) electrons. The minimum absolute atomic E-state index is 0.380. The number of hydrogen-bond acceptors (Lipinski definition) is 5. The fraction of sp³-hybridized carbons (Fsp3) is 0.562. The number of amides is 1. The van der Waals surface area contributed by atoms with Crippen LogP contribution in [0.15, 0.2) is 29.2 Å². The van der Waals surface area contributed by atoms with Crippen molar-refractivity contribution in [1.82, 2.24) is 20.0 Å². The average molecular weight is 355 g/mol. The number of likely N-dealkylation sites (tertiary alicyclic amines) is 1. The summed E-state index contributed by atoms with van der Waals surface area (Å²) in [6.07, 6.45) is 4.31. The number of alkyl halides is 2. The number of carbonyl (C=O) groups excluding carboxylic acids is 1. The molecule has 1 saturated heterocycles. The molecule has 0 spiro atoms. The number of aliphatic imine (C=N–C) groups is 1. The van der Waals surface area contributed by atoms with Crippen LogP contribution in [0.5, 0.6) is 0 Å². The third kappa shape index (κ3) is 4.15. The highest BCUT2D eigenvalue weighted by molar-refractivity contribution is 5.68. The molecule has 1 aromatic heterocycles. The number of hydrogen-bond donors (Lipinski definition) is 1. The first-order valence-electron chi connectivity index (χ1n) is 8.05. The lowest BCUT2D eigenvalue weighted by Crippen LogP contribution is -2.56. The zero-order valence-corrected chi connectivity index (χ0v) is 14.4. The zero-order chi connectivity index (χ0) is 18.4. The van der Waals surface area contributed by atoms with Crippen molar-refractivity contribution < 1.29 is 18.3 Å². The van der Waals surface area contributed by atoms with Crippen LogP contribution in [0.1, 0.15) is 38.4 Å². The molecule has 0 saturated carbocycles. The molecular formula is C16H23F2N5O2. The van der Waals surface area contributed by atoms with Gasteiger partial charge in [0.15, 0.2) is 0 Å². The van der Waals surface area contributed by atoms with Crippen molar-refractivity contribution in [2.24, 2.45) is 4.99 Å². The van der Waals surface area contributed by atoms with Gasteiger partial charge in [-0.2, -0.15) is 13.9 Å². The first-order valence-corrected chi connectivity index (χ1v) is 8.05. The van der Waals surface area contributed by atoms with Crippen LogP contribution in [0.4, 0.5) is 13.6 Å². The highest BCUT2D eigenvalue weighted by Crippen LogP contribution is 2.33. The fourth-order valence-electron chi connectivity index (χ4n) is 3.13. The molecule has 0 aromatic carbocycles. The van der Waals surface area contributed by atoms with Crippen molar-refractivity contribution in [2.75, 3.05) is 20.2 Å². The number of nitrogens with one attached hydrogen (secondary N) is 1. The Balaban J connectivity index is 2.38. The average Bonchev–Trinajstić information content (AvgIpc) is 3.11. The predicted molar refractivity (Wildman–Crippen MR) is 89.4 cm³/mol. The molecule has 1 aliphatic heterocycles. The summed E-state index contributed by atoms with van der Waals surface area (Å²) in [7, 11) is 1.26. The zero-order valence-electron chi connectivity index (χ0n) is 14.4. The highest BCUT2D eigenvalue weighted by Gasteiger charge is 2.41. The van der Waals surface area contributed by atoms with E-state index in [1.165, 1.54) is 19.4 Å². The van der Waals surface area contributed by atoms with E-state index in [0.717, 1.165) is 25.1 Å². The van der Waals surface area contributed by atoms with Gasteiger partial charge in [-0.05, 0) is 32.0 Å². The molecule has 138 valence electrons. The van der Waals surface area contributed by atoms with Crippen molar-refractivity contribution in [2.45, 2.75) is 38.3 Å². The van der Waals surface area contributed by atoms with Crippen molar-refractivity contribution >= 4 is 12.8 Å². The monoisotopic (exact) mass is 355 g/mol. The van der Waals surface area contributed by atoms with Crippen molar-refractivity contribution in [3.8, 4) is 0 Å². The summed E-state index contributed by atoms with van der Waals surface area (Å²) in [4.78, 5) is 17.8. The van der Waals surface area contributed by atoms with Gasteiger partial charge in [-0.1, -0.05) is 6.92 Å². The number of halogens is 2. The molecule has 2 heterocycles. The number of alkyl carbamates (subject to hydrolysis) is 1. The van der Waals surface area contributed by atoms with Crippen molar-refractivity contribution in [1.29, 1.82) is 0 Å². The maximum Gasteiger partial charge on any atom is 0.407 e. The van der Waals surface area contributed by atoms with Crippen molar-refractivity contribution in [3.63, 3.8) is 0 Å². The lowest BCUT2D eigenvalue weighted by molar-refractivity contribution is 0.0541. The molecule has 0 aliphatic carbocycles. The summed E-state index contributed by atoms with van der Waals surface area (Å²) in [5, 5.41) is 6.78. The summed E-state index contributed by atoms with van der Waals surface area (Å²) in [6.45, 7) is 3.90. The number of aromatic nitrogens is 2. The van der Waals surface area contributed by atoms with E-state index in [2.05, 4.69) is 27.0 Å². The topological polar surface area (TPSA) is 71.8 Å². The van der Waals surface area contributed by atoms with E-state index >= 15 is 0 Å². The number of ether oxygens (including phenoxy) is 1. The standard InChI is InChI=1S/C16H23F2N5O2/c1-4-12(10-19-2)22-8-5-7-16(11-22,20-15(24)25-3)13-6-9-23(21-13)14(17)18/h6,9-10,14H,2,4-5,7-8,11H2,1,3H3,(H,20,24)/b12-10+. The summed E-state index contributed by atoms with van der Waals surface area (Å²) < 4.78 is 31.1. The number of piperidine rings is 1. The van der Waals surface area contributed by atoms with Crippen LogP contribution < -0.4 is 5.32 Å². The molecular weight excluding hydrogens is 332 g/mol. The Morgan fingerprint density at radius 1 is 1.64 bits per heavy atom. The maximum atomic E-state index is 12.9. The van der Waals surface area contributed by atoms with Gasteiger partial charge in [0.2, 0.25) is 0 Å². The lowest BCUT2D eigenvalue weighted by atomic mass is 9.85. The number of rotatable bonds is 6. The molecule has 2 rings (SSSR count). The predicted octanol–water partition coefficient (Wildman–Crippen LogP) is 2.88. The van der Waals surface area contributed by atoms with Crippen LogP contribution in [0.25, 0.3) is 0 Å². The molecule has 1 fully saturated rings. The Labute approximate surface area is 145 Å². The minimum Gasteiger partial charge on any atom is -0.453 e. The van der Waals surface area contributed by atoms with Gasteiger partial charge in [0.25, 0.3) is 0 Å². The van der Waals surface area contributed by atoms with E-state index < -0.39 is 18.2 Å². The van der Waals surface area contributed by atoms with Gasteiger partial charge in [0.05, 0.1) is 12.8 Å². The van der Waals surface area contributed by atoms with E-state index in [1.54, 1.807) is 6.20 Å². The molecule has 1 aliphatic rings. The molecule has 9 heteroatoms. The van der Waals surface area contributed by atoms with Gasteiger partial charge in [-0.15, -0.1) is 0 Å². The second-order valence-electron chi connectivity index (χ2n) is 5.84. The normalized spacial score (nSPS) is 21.3. The first kappa shape index (κ1) is 18.9. The van der Waals surface area contributed by atoms with Gasteiger partial charge in [0.1, 0.15) is 5.54 Å². The van der Waals surface area contributed by atoms with E-state index in [-0.39, 0.29) is 0 Å². The number of allylic oxidation sites excluding steroid dienone is 1. The third-order valence-electron chi connectivity index (χ3n) is 4.33. The van der Waals surface area contributed by atoms with Crippen LogP contribution in [0.3, 0.4) is 0 Å². The Hall–Kier alpha value is -2.45. The molecule has 25 heavy (non-hydrogen) atoms. The molecule has 1 aromatic rings. The van der Waals surface area contributed by atoms with Crippen LogP contribution in [-0.2, 0) is 10.3 Å². The van der Waals surface area contributed by atoms with Gasteiger partial charge in [-0.3, -0.25) is 4.99 Å². The molecule has 7 nitrogen and oxygen atoms in total. The second kappa shape index (κ2) is 8.09. The number of methoxy groups -OCH3 is 1. The fourth-order valence-corrected chi connectivity index (χ4v) is 3.13. The van der Waals surface area contributed by atoms with Crippen LogP contribution >= 0.6 is 0 Å². The largest absolute Gasteiger partial charge is 0.453 e. The highest BCUT2D eigenvalue weighted by atomic mass is 19.3. The molecule has 1 N–H and O–H groups in total. The summed E-state index contributed by atoms with van der Waals surface area (Å²) in [5.74, 6) is 0. The minimum atomic E-state index is -2.74. The molecule has 0 bridgehead atoms. The molecule has 1 atom stereocenters. The smallest absolute Gasteiger partial charge is 0.407 e. The Bertz CT molecular complexity index is 646. The Kier molecular flexibility index (Phi) is 6.11. The summed E-state index contributed by atoms with van der Waals surface area (Å²) in [6, 6.07) is 1.51. The summed E-state index contributed by atoms with van der Waals surface area (Å²) in [5.41, 5.74) is 0.421. The van der Waals surface area contributed by atoms with Crippen molar-refractivity contribution in [3.05, 3.63) is 29.9 Å². The van der Waals surface area contributed by atoms with Crippen LogP contribution in [0, 0.1) is 0 Å². The quantitative estimate of drug-likeness (QED) is 0.797. The lowest BCUT2D eigenvalue weighted by Gasteiger charge is -2.43. The summed E-state index contributed by atoms with van der Waals surface area (Å²) >= 11 is 0. The molecule has 1 amide bonds. The first-order chi connectivity index (χ1) is 12.0. The molecule has 1 unspecified atom stereocenters. The Morgan fingerprint density at radius 2 is 2.40 bits per heavy atom. The third-order valence-corrected chi connectivity index (χ3v) is 4.33. The van der Waals surface area contributed by atoms with E-state index in [4.69, 9.17) is 4.74 Å². The maximum absolute atomic E-state index is 12.9. The van der Waals surface area contributed by atoms with E-state index in [9.17, 15) is 13.6 Å². The van der Waals surface area contributed by atoms with Gasteiger partial charge >= 0.3 is 12.6 Å². The van der Waals surface area contributed by atoms with Gasteiger partial charge in [-0.25, -0.2) is 9.48 Å². The number of nitrogens with zero attached hydrogens (tertiary/aromatic N) is 4.